The highest BCUT2D eigenvalue weighted by Crippen LogP contribution is 2.22. The van der Waals surface area contributed by atoms with Gasteiger partial charge in [-0.25, -0.2) is 0 Å². The Balaban J connectivity index is 1.82. The smallest absolute Gasteiger partial charge is 0.121 e. The zero-order valence-corrected chi connectivity index (χ0v) is 13.0. The van der Waals surface area contributed by atoms with E-state index in [2.05, 4.69) is 12.2 Å². The van der Waals surface area contributed by atoms with E-state index >= 15 is 0 Å². The standard InChI is InChI=1S/C16H24ClNO2/c1-12(20-15-6-3-5-13(17)11-15)16(18-2)9-8-14-7-4-10-19-14/h3,5-6,11-12,14,16,18H,4,7-10H2,1-2H3. The summed E-state index contributed by atoms with van der Waals surface area (Å²) < 4.78 is 11.7. The van der Waals surface area contributed by atoms with E-state index in [1.54, 1.807) is 0 Å². The number of hydrogen-bond donors (Lipinski definition) is 1. The van der Waals surface area contributed by atoms with Crippen molar-refractivity contribution < 1.29 is 9.47 Å². The first kappa shape index (κ1) is 15.6. The van der Waals surface area contributed by atoms with Crippen molar-refractivity contribution in [2.75, 3.05) is 13.7 Å². The summed E-state index contributed by atoms with van der Waals surface area (Å²) in [4.78, 5) is 0. The van der Waals surface area contributed by atoms with Gasteiger partial charge in [0, 0.05) is 17.7 Å². The van der Waals surface area contributed by atoms with Gasteiger partial charge in [0.2, 0.25) is 0 Å². The third-order valence-electron chi connectivity index (χ3n) is 3.88. The maximum absolute atomic E-state index is 5.98. The van der Waals surface area contributed by atoms with Crippen LogP contribution < -0.4 is 10.1 Å². The molecule has 1 saturated heterocycles. The predicted molar refractivity (Wildman–Crippen MR) is 82.6 cm³/mol. The molecule has 0 aromatic heterocycles. The molecule has 3 unspecified atom stereocenters. The highest BCUT2D eigenvalue weighted by atomic mass is 35.5. The maximum Gasteiger partial charge on any atom is 0.121 e. The highest BCUT2D eigenvalue weighted by molar-refractivity contribution is 6.30. The molecule has 4 heteroatoms. The van der Waals surface area contributed by atoms with E-state index in [4.69, 9.17) is 21.1 Å². The lowest BCUT2D eigenvalue weighted by Gasteiger charge is -2.25. The minimum atomic E-state index is 0.0971. The minimum absolute atomic E-state index is 0.0971. The first-order valence-electron chi connectivity index (χ1n) is 7.40. The van der Waals surface area contributed by atoms with E-state index in [1.807, 2.05) is 31.3 Å². The van der Waals surface area contributed by atoms with E-state index in [0.717, 1.165) is 25.2 Å². The summed E-state index contributed by atoms with van der Waals surface area (Å²) in [5.74, 6) is 0.822. The summed E-state index contributed by atoms with van der Waals surface area (Å²) in [5, 5.41) is 4.05. The van der Waals surface area contributed by atoms with Crippen LogP contribution in [0.15, 0.2) is 24.3 Å². The molecule has 1 aromatic rings. The van der Waals surface area contributed by atoms with Crippen LogP contribution in [0.4, 0.5) is 0 Å². The molecule has 3 nitrogen and oxygen atoms in total. The van der Waals surface area contributed by atoms with Gasteiger partial charge in [-0.2, -0.15) is 0 Å². The second kappa shape index (κ2) is 7.87. The Morgan fingerprint density at radius 1 is 1.50 bits per heavy atom. The van der Waals surface area contributed by atoms with E-state index in [1.165, 1.54) is 12.8 Å². The van der Waals surface area contributed by atoms with Gasteiger partial charge in [-0.15, -0.1) is 0 Å². The topological polar surface area (TPSA) is 30.5 Å². The summed E-state index contributed by atoms with van der Waals surface area (Å²) in [7, 11) is 1.98. The van der Waals surface area contributed by atoms with Gasteiger partial charge in [-0.05, 0) is 57.9 Å². The molecule has 1 aromatic carbocycles. The van der Waals surface area contributed by atoms with E-state index in [0.29, 0.717) is 17.2 Å². The lowest BCUT2D eigenvalue weighted by molar-refractivity contribution is 0.0913. The quantitative estimate of drug-likeness (QED) is 0.833. The largest absolute Gasteiger partial charge is 0.489 e. The minimum Gasteiger partial charge on any atom is -0.489 e. The summed E-state index contributed by atoms with van der Waals surface area (Å²) in [6.07, 6.45) is 5.07. The van der Waals surface area contributed by atoms with E-state index in [-0.39, 0.29) is 6.10 Å². The number of rotatable bonds is 7. The maximum atomic E-state index is 5.98. The molecule has 1 heterocycles. The predicted octanol–water partition coefficient (Wildman–Crippen LogP) is 3.65. The van der Waals surface area contributed by atoms with Crippen LogP contribution in [0.5, 0.6) is 5.75 Å². The normalized spacial score (nSPS) is 21.6. The zero-order chi connectivity index (χ0) is 14.4. The number of benzene rings is 1. The third-order valence-corrected chi connectivity index (χ3v) is 4.11. The van der Waals surface area contributed by atoms with Crippen LogP contribution in [0.25, 0.3) is 0 Å². The number of ether oxygens (including phenoxy) is 2. The van der Waals surface area contributed by atoms with Crippen LogP contribution in [0.1, 0.15) is 32.6 Å². The number of halogens is 1. The van der Waals surface area contributed by atoms with Crippen LogP contribution in [-0.2, 0) is 4.74 Å². The van der Waals surface area contributed by atoms with Gasteiger partial charge in [0.1, 0.15) is 11.9 Å². The van der Waals surface area contributed by atoms with Gasteiger partial charge in [-0.3, -0.25) is 0 Å². The molecule has 0 bridgehead atoms. The second-order valence-electron chi connectivity index (χ2n) is 5.39. The summed E-state index contributed by atoms with van der Waals surface area (Å²) >= 11 is 5.98. The van der Waals surface area contributed by atoms with Crippen LogP contribution in [-0.4, -0.2) is 31.9 Å². The van der Waals surface area contributed by atoms with Crippen molar-refractivity contribution in [3.8, 4) is 5.75 Å². The molecular weight excluding hydrogens is 274 g/mol. The fourth-order valence-corrected chi connectivity index (χ4v) is 2.87. The number of nitrogens with one attached hydrogen (secondary N) is 1. The Hall–Kier alpha value is -0.770. The summed E-state index contributed by atoms with van der Waals surface area (Å²) in [6.45, 7) is 3.01. The number of hydrogen-bond acceptors (Lipinski definition) is 3. The molecule has 1 N–H and O–H groups in total. The fraction of sp³-hybridized carbons (Fsp3) is 0.625. The van der Waals surface area contributed by atoms with Crippen LogP contribution in [0, 0.1) is 0 Å². The Morgan fingerprint density at radius 2 is 2.35 bits per heavy atom. The van der Waals surface area contributed by atoms with Gasteiger partial charge in [-0.1, -0.05) is 17.7 Å². The average Bonchev–Trinajstić information content (AvgIpc) is 2.92. The van der Waals surface area contributed by atoms with Crippen LogP contribution in [0.3, 0.4) is 0 Å². The Labute approximate surface area is 126 Å². The van der Waals surface area contributed by atoms with Crippen molar-refractivity contribution >= 4 is 11.6 Å². The van der Waals surface area contributed by atoms with Crippen molar-refractivity contribution in [1.82, 2.24) is 5.32 Å². The molecule has 0 amide bonds. The molecule has 1 aliphatic rings. The van der Waals surface area contributed by atoms with Gasteiger partial charge in [0.25, 0.3) is 0 Å². The molecule has 1 fully saturated rings. The second-order valence-corrected chi connectivity index (χ2v) is 5.82. The summed E-state index contributed by atoms with van der Waals surface area (Å²) in [6, 6.07) is 7.87. The lowest BCUT2D eigenvalue weighted by atomic mass is 10.0. The average molecular weight is 298 g/mol. The number of likely N-dealkylation sites (N-methyl/N-ethyl adjacent to an activating group) is 1. The monoisotopic (exact) mass is 297 g/mol. The first-order chi connectivity index (χ1) is 9.69. The first-order valence-corrected chi connectivity index (χ1v) is 7.78. The molecule has 2 rings (SSSR count). The van der Waals surface area contributed by atoms with Crippen molar-refractivity contribution in [1.29, 1.82) is 0 Å². The molecule has 0 aliphatic carbocycles. The molecule has 0 radical (unpaired) electrons. The Kier molecular flexibility index (Phi) is 6.14. The van der Waals surface area contributed by atoms with Crippen molar-refractivity contribution in [3.05, 3.63) is 29.3 Å². The van der Waals surface area contributed by atoms with E-state index < -0.39 is 0 Å². The molecule has 0 spiro atoms. The summed E-state index contributed by atoms with van der Waals surface area (Å²) in [5.41, 5.74) is 0. The molecular formula is C16H24ClNO2. The Morgan fingerprint density at radius 3 is 3.00 bits per heavy atom. The molecule has 0 saturated carbocycles. The fourth-order valence-electron chi connectivity index (χ4n) is 2.69. The van der Waals surface area contributed by atoms with E-state index in [9.17, 15) is 0 Å². The zero-order valence-electron chi connectivity index (χ0n) is 12.3. The van der Waals surface area contributed by atoms with Crippen LogP contribution >= 0.6 is 11.6 Å². The van der Waals surface area contributed by atoms with Crippen molar-refractivity contribution in [3.63, 3.8) is 0 Å². The van der Waals surface area contributed by atoms with Gasteiger partial charge in [0.15, 0.2) is 0 Å². The molecule has 3 atom stereocenters. The Bertz CT molecular complexity index is 407. The molecule has 1 aliphatic heterocycles. The molecule has 112 valence electrons. The van der Waals surface area contributed by atoms with Gasteiger partial charge < -0.3 is 14.8 Å². The van der Waals surface area contributed by atoms with Crippen molar-refractivity contribution in [2.45, 2.75) is 50.9 Å². The lowest BCUT2D eigenvalue weighted by Crippen LogP contribution is -2.39. The third kappa shape index (κ3) is 4.65. The van der Waals surface area contributed by atoms with Crippen LogP contribution in [0.2, 0.25) is 5.02 Å². The van der Waals surface area contributed by atoms with Gasteiger partial charge >= 0.3 is 0 Å². The van der Waals surface area contributed by atoms with Gasteiger partial charge in [0.05, 0.1) is 6.10 Å². The highest BCUT2D eigenvalue weighted by Gasteiger charge is 2.21. The SMILES string of the molecule is CNC(CCC1CCCO1)C(C)Oc1cccc(Cl)c1. The molecule has 20 heavy (non-hydrogen) atoms. The van der Waals surface area contributed by atoms with Crippen molar-refractivity contribution in [2.24, 2.45) is 0 Å².